The van der Waals surface area contributed by atoms with E-state index in [9.17, 15) is 9.59 Å². The summed E-state index contributed by atoms with van der Waals surface area (Å²) in [5.74, 6) is 0.00822. The topological polar surface area (TPSA) is 68.2 Å². The van der Waals surface area contributed by atoms with Crippen molar-refractivity contribution >= 4 is 29.4 Å². The number of rotatable bonds is 7. The first kappa shape index (κ1) is 20.1. The van der Waals surface area contributed by atoms with Crippen LogP contribution in [-0.2, 0) is 14.3 Å². The van der Waals surface area contributed by atoms with Crippen LogP contribution in [0, 0.1) is 0 Å². The molecular formula is C23H22N2O4. The molecule has 1 aliphatic rings. The van der Waals surface area contributed by atoms with Gasteiger partial charge in [-0.15, -0.1) is 0 Å². The fourth-order valence-electron chi connectivity index (χ4n) is 2.79. The number of anilines is 1. The van der Waals surface area contributed by atoms with E-state index in [1.165, 1.54) is 11.1 Å². The van der Waals surface area contributed by atoms with Gasteiger partial charge < -0.3 is 9.47 Å². The molecule has 2 aromatic carbocycles. The van der Waals surface area contributed by atoms with Crippen molar-refractivity contribution in [1.82, 2.24) is 0 Å². The monoisotopic (exact) mass is 390 g/mol. The molecule has 1 aliphatic heterocycles. The first-order valence-electron chi connectivity index (χ1n) is 9.32. The Labute approximate surface area is 169 Å². The number of carbonyl (C=O) groups is 2. The minimum atomic E-state index is -0.407. The number of hydrogen-bond acceptors (Lipinski definition) is 5. The van der Waals surface area contributed by atoms with Gasteiger partial charge in [-0.2, -0.15) is 10.1 Å². The van der Waals surface area contributed by atoms with Crippen LogP contribution in [0.4, 0.5) is 5.69 Å². The van der Waals surface area contributed by atoms with Gasteiger partial charge in [-0.1, -0.05) is 36.4 Å². The van der Waals surface area contributed by atoms with E-state index in [1.807, 2.05) is 54.6 Å². The number of benzene rings is 2. The summed E-state index contributed by atoms with van der Waals surface area (Å²) in [5, 5.41) is 5.78. The lowest BCUT2D eigenvalue weighted by molar-refractivity contribution is -0.137. The maximum Gasteiger partial charge on any atom is 0.330 e. The zero-order chi connectivity index (χ0) is 20.6. The summed E-state index contributed by atoms with van der Waals surface area (Å²) < 4.78 is 10.6. The number of carbonyl (C=O) groups excluding carboxylic acids is 2. The van der Waals surface area contributed by atoms with Gasteiger partial charge in [0.2, 0.25) is 0 Å². The molecule has 0 atom stereocenters. The fourth-order valence-corrected chi connectivity index (χ4v) is 2.79. The minimum absolute atomic E-state index is 0.189. The standard InChI is InChI=1S/C23H22N2O4/c1-3-28-22(26)14-9-15-29-21-13-8-7-10-18(21)16-20-17(2)24-25(23(20)27)19-11-5-4-6-12-19/h4-14,16H,3,15H2,1-2H3. The molecule has 0 saturated heterocycles. The summed E-state index contributed by atoms with van der Waals surface area (Å²) in [6.45, 7) is 4.09. The Kier molecular flexibility index (Phi) is 6.58. The quantitative estimate of drug-likeness (QED) is 0.530. The average Bonchev–Trinajstić information content (AvgIpc) is 3.01. The minimum Gasteiger partial charge on any atom is -0.489 e. The molecule has 1 heterocycles. The van der Waals surface area contributed by atoms with Crippen LogP contribution in [0.25, 0.3) is 6.08 Å². The van der Waals surface area contributed by atoms with Gasteiger partial charge in [0.25, 0.3) is 5.91 Å². The lowest BCUT2D eigenvalue weighted by Gasteiger charge is -2.11. The Hall–Kier alpha value is -3.67. The Balaban J connectivity index is 1.76. The molecule has 3 rings (SSSR count). The van der Waals surface area contributed by atoms with Gasteiger partial charge in [-0.3, -0.25) is 4.79 Å². The van der Waals surface area contributed by atoms with Crippen molar-refractivity contribution in [3.8, 4) is 5.75 Å². The van der Waals surface area contributed by atoms with Gasteiger partial charge in [0, 0.05) is 11.6 Å². The van der Waals surface area contributed by atoms with Crippen molar-refractivity contribution in [2.24, 2.45) is 5.10 Å². The Morgan fingerprint density at radius 3 is 2.59 bits per heavy atom. The molecule has 0 unspecified atom stereocenters. The Bertz CT molecular complexity index is 977. The Morgan fingerprint density at radius 1 is 1.10 bits per heavy atom. The number of amides is 1. The van der Waals surface area contributed by atoms with Crippen molar-refractivity contribution in [3.05, 3.63) is 77.9 Å². The molecule has 0 spiro atoms. The fraction of sp³-hybridized carbons (Fsp3) is 0.174. The lowest BCUT2D eigenvalue weighted by atomic mass is 10.1. The molecule has 29 heavy (non-hydrogen) atoms. The van der Waals surface area contributed by atoms with E-state index in [4.69, 9.17) is 9.47 Å². The number of hydrazone groups is 1. The molecule has 6 nitrogen and oxygen atoms in total. The zero-order valence-corrected chi connectivity index (χ0v) is 16.4. The van der Waals surface area contributed by atoms with Crippen molar-refractivity contribution in [2.45, 2.75) is 13.8 Å². The average molecular weight is 390 g/mol. The molecule has 0 N–H and O–H groups in total. The van der Waals surface area contributed by atoms with E-state index >= 15 is 0 Å². The van der Waals surface area contributed by atoms with Crippen molar-refractivity contribution in [3.63, 3.8) is 0 Å². The molecule has 148 valence electrons. The van der Waals surface area contributed by atoms with Gasteiger partial charge in [-0.25, -0.2) is 4.79 Å². The van der Waals surface area contributed by atoms with Gasteiger partial charge in [-0.05, 0) is 44.2 Å². The third-order valence-electron chi connectivity index (χ3n) is 4.16. The van der Waals surface area contributed by atoms with Crippen LogP contribution < -0.4 is 9.75 Å². The molecule has 0 bridgehead atoms. The predicted molar refractivity (Wildman–Crippen MR) is 113 cm³/mol. The summed E-state index contributed by atoms with van der Waals surface area (Å²) in [6, 6.07) is 16.7. The largest absolute Gasteiger partial charge is 0.489 e. The number of para-hydroxylation sites is 2. The van der Waals surface area contributed by atoms with Gasteiger partial charge >= 0.3 is 5.97 Å². The predicted octanol–water partition coefficient (Wildman–Crippen LogP) is 3.99. The van der Waals surface area contributed by atoms with E-state index in [-0.39, 0.29) is 12.5 Å². The number of hydrogen-bond donors (Lipinski definition) is 0. The van der Waals surface area contributed by atoms with E-state index in [0.29, 0.717) is 29.3 Å². The van der Waals surface area contributed by atoms with E-state index in [2.05, 4.69) is 5.10 Å². The highest BCUT2D eigenvalue weighted by Gasteiger charge is 2.28. The van der Waals surface area contributed by atoms with Crippen molar-refractivity contribution in [1.29, 1.82) is 0 Å². The second-order valence-electron chi connectivity index (χ2n) is 6.20. The molecule has 2 aromatic rings. The number of esters is 1. The zero-order valence-electron chi connectivity index (χ0n) is 16.4. The van der Waals surface area contributed by atoms with Crippen LogP contribution in [0.1, 0.15) is 19.4 Å². The Morgan fingerprint density at radius 2 is 1.83 bits per heavy atom. The molecule has 0 saturated carbocycles. The van der Waals surface area contributed by atoms with Crippen molar-refractivity contribution in [2.75, 3.05) is 18.2 Å². The second-order valence-corrected chi connectivity index (χ2v) is 6.20. The molecule has 0 aromatic heterocycles. The molecule has 1 amide bonds. The van der Waals surface area contributed by atoms with Crippen LogP contribution in [0.5, 0.6) is 5.75 Å². The van der Waals surface area contributed by atoms with Crippen LogP contribution in [0.2, 0.25) is 0 Å². The maximum atomic E-state index is 12.9. The third-order valence-corrected chi connectivity index (χ3v) is 4.16. The molecule has 0 radical (unpaired) electrons. The number of nitrogens with zero attached hydrogens (tertiary/aromatic N) is 2. The van der Waals surface area contributed by atoms with E-state index in [1.54, 1.807) is 26.0 Å². The van der Waals surface area contributed by atoms with Crippen LogP contribution in [0.3, 0.4) is 0 Å². The summed E-state index contributed by atoms with van der Waals surface area (Å²) in [5.41, 5.74) is 2.61. The highest BCUT2D eigenvalue weighted by atomic mass is 16.5. The highest BCUT2D eigenvalue weighted by Crippen LogP contribution is 2.27. The highest BCUT2D eigenvalue weighted by molar-refractivity contribution is 6.32. The molecular weight excluding hydrogens is 368 g/mol. The normalized spacial score (nSPS) is 15.1. The second kappa shape index (κ2) is 9.50. The summed E-state index contributed by atoms with van der Waals surface area (Å²) in [6.07, 6.45) is 4.70. The van der Waals surface area contributed by atoms with Crippen LogP contribution in [-0.4, -0.2) is 30.8 Å². The van der Waals surface area contributed by atoms with Crippen LogP contribution >= 0.6 is 0 Å². The number of ether oxygens (including phenoxy) is 2. The van der Waals surface area contributed by atoms with Crippen LogP contribution in [0.15, 0.2) is 77.4 Å². The molecule has 0 fully saturated rings. The van der Waals surface area contributed by atoms with Gasteiger partial charge in [0.05, 0.1) is 23.6 Å². The van der Waals surface area contributed by atoms with Crippen molar-refractivity contribution < 1.29 is 19.1 Å². The summed E-state index contributed by atoms with van der Waals surface area (Å²) in [7, 11) is 0. The summed E-state index contributed by atoms with van der Waals surface area (Å²) >= 11 is 0. The first-order chi connectivity index (χ1) is 14.1. The third kappa shape index (κ3) is 4.99. The van der Waals surface area contributed by atoms with E-state index in [0.717, 1.165) is 5.56 Å². The van der Waals surface area contributed by atoms with Gasteiger partial charge in [0.15, 0.2) is 0 Å². The van der Waals surface area contributed by atoms with E-state index < -0.39 is 5.97 Å². The lowest BCUT2D eigenvalue weighted by Crippen LogP contribution is -2.21. The maximum absolute atomic E-state index is 12.9. The first-order valence-corrected chi connectivity index (χ1v) is 9.32. The molecule has 6 heteroatoms. The molecule has 0 aliphatic carbocycles. The van der Waals surface area contributed by atoms with Gasteiger partial charge in [0.1, 0.15) is 12.4 Å². The summed E-state index contributed by atoms with van der Waals surface area (Å²) in [4.78, 5) is 24.2. The smallest absolute Gasteiger partial charge is 0.330 e. The SMILES string of the molecule is CCOC(=O)C=CCOc1ccccc1C=C1C(=O)N(c2ccccc2)N=C1C.